The van der Waals surface area contributed by atoms with E-state index in [4.69, 9.17) is 0 Å². The van der Waals surface area contributed by atoms with Gasteiger partial charge in [-0.05, 0) is 67.8 Å². The molecule has 2 amide bonds. The molecule has 2 aromatic carbocycles. The van der Waals surface area contributed by atoms with E-state index in [1.807, 2.05) is 48.5 Å². The first-order chi connectivity index (χ1) is 17.7. The van der Waals surface area contributed by atoms with Gasteiger partial charge in [-0.25, -0.2) is 0 Å². The number of carbonyl (C=O) groups is 2. The molecule has 2 aromatic heterocycles. The zero-order valence-electron chi connectivity index (χ0n) is 19.7. The maximum absolute atomic E-state index is 12.3. The number of carbonyl (C=O) groups excluding carboxylic acids is 2. The van der Waals surface area contributed by atoms with E-state index in [9.17, 15) is 9.59 Å². The number of nitrogens with one attached hydrogen (secondary N) is 2. The lowest BCUT2D eigenvalue weighted by molar-refractivity contribution is 0.101. The number of amides is 2. The Morgan fingerprint density at radius 2 is 1.03 bits per heavy atom. The largest absolute Gasteiger partial charge is 0.305 e. The van der Waals surface area contributed by atoms with Gasteiger partial charge in [0, 0.05) is 23.0 Å². The second-order valence-electron chi connectivity index (χ2n) is 8.89. The molecule has 0 saturated heterocycles. The smallest absolute Gasteiger partial charge is 0.256 e. The average Bonchev–Trinajstić information content (AvgIpc) is 2.95. The molecular formula is C28H26N6O2. The summed E-state index contributed by atoms with van der Waals surface area (Å²) in [6.45, 7) is 0. The number of hydrogen-bond donors (Lipinski definition) is 2. The molecule has 1 aliphatic carbocycles. The van der Waals surface area contributed by atoms with Gasteiger partial charge in [-0.2, -0.15) is 10.2 Å². The summed E-state index contributed by atoms with van der Waals surface area (Å²) in [5, 5.41) is 22.9. The van der Waals surface area contributed by atoms with Crippen molar-refractivity contribution in [2.24, 2.45) is 0 Å². The van der Waals surface area contributed by atoms with Crippen LogP contribution < -0.4 is 10.6 Å². The quantitative estimate of drug-likeness (QED) is 0.394. The predicted octanol–water partition coefficient (Wildman–Crippen LogP) is 5.21. The maximum atomic E-state index is 12.3. The second-order valence-corrected chi connectivity index (χ2v) is 8.89. The number of aromatic nitrogens is 4. The van der Waals surface area contributed by atoms with Crippen molar-refractivity contribution in [1.29, 1.82) is 0 Å². The molecule has 1 aliphatic rings. The normalized spacial score (nSPS) is 17.2. The van der Waals surface area contributed by atoms with Crippen LogP contribution in [0.15, 0.2) is 84.9 Å². The highest BCUT2D eigenvalue weighted by Crippen LogP contribution is 2.40. The average molecular weight is 479 g/mol. The first-order valence-electron chi connectivity index (χ1n) is 12.1. The molecule has 1 saturated carbocycles. The van der Waals surface area contributed by atoms with Crippen molar-refractivity contribution in [3.63, 3.8) is 0 Å². The fourth-order valence-electron chi connectivity index (χ4n) is 4.54. The summed E-state index contributed by atoms with van der Waals surface area (Å²) >= 11 is 0. The minimum absolute atomic E-state index is 0.211. The Balaban J connectivity index is 1.19. The summed E-state index contributed by atoms with van der Waals surface area (Å²) in [5.74, 6) is 0.955. The number of anilines is 2. The van der Waals surface area contributed by atoms with E-state index in [0.29, 0.717) is 22.8 Å². The van der Waals surface area contributed by atoms with Crippen LogP contribution in [0.3, 0.4) is 0 Å². The van der Waals surface area contributed by atoms with Gasteiger partial charge in [-0.3, -0.25) is 9.59 Å². The van der Waals surface area contributed by atoms with E-state index >= 15 is 0 Å². The van der Waals surface area contributed by atoms with Gasteiger partial charge < -0.3 is 10.6 Å². The lowest BCUT2D eigenvalue weighted by atomic mass is 9.78. The zero-order chi connectivity index (χ0) is 24.7. The van der Waals surface area contributed by atoms with Crippen LogP contribution in [0.1, 0.15) is 69.6 Å². The van der Waals surface area contributed by atoms with E-state index in [0.717, 1.165) is 37.1 Å². The number of rotatable bonds is 6. The summed E-state index contributed by atoms with van der Waals surface area (Å²) in [4.78, 5) is 24.7. The highest BCUT2D eigenvalue weighted by Gasteiger charge is 2.27. The molecule has 0 unspecified atom stereocenters. The number of hydrogen-bond acceptors (Lipinski definition) is 6. The molecule has 8 heteroatoms. The van der Waals surface area contributed by atoms with Gasteiger partial charge in [0.1, 0.15) is 0 Å². The van der Waals surface area contributed by atoms with Crippen LogP contribution in [-0.2, 0) is 0 Å². The molecule has 180 valence electrons. The highest BCUT2D eigenvalue weighted by atomic mass is 16.2. The fraction of sp³-hybridized carbons (Fsp3) is 0.214. The number of nitrogens with zero attached hydrogens (tertiary/aromatic N) is 4. The van der Waals surface area contributed by atoms with Crippen molar-refractivity contribution >= 4 is 23.5 Å². The van der Waals surface area contributed by atoms with Crippen molar-refractivity contribution in [3.05, 3.63) is 107 Å². The molecule has 5 rings (SSSR count). The Hall–Kier alpha value is -4.46. The predicted molar refractivity (Wildman–Crippen MR) is 137 cm³/mol. The van der Waals surface area contributed by atoms with Crippen molar-refractivity contribution in [1.82, 2.24) is 20.4 Å². The Bertz CT molecular complexity index is 1210. The first kappa shape index (κ1) is 23.3. The topological polar surface area (TPSA) is 110 Å². The van der Waals surface area contributed by atoms with E-state index in [1.165, 1.54) is 0 Å². The molecule has 0 spiro atoms. The molecule has 0 radical (unpaired) electrons. The molecule has 2 atom stereocenters. The molecule has 36 heavy (non-hydrogen) atoms. The van der Waals surface area contributed by atoms with Crippen LogP contribution in [0.4, 0.5) is 11.6 Å². The molecule has 1 fully saturated rings. The second kappa shape index (κ2) is 10.9. The third-order valence-corrected chi connectivity index (χ3v) is 6.44. The van der Waals surface area contributed by atoms with Gasteiger partial charge >= 0.3 is 0 Å². The van der Waals surface area contributed by atoms with E-state index in [1.54, 1.807) is 36.4 Å². The summed E-state index contributed by atoms with van der Waals surface area (Å²) in [7, 11) is 0. The van der Waals surface area contributed by atoms with Crippen LogP contribution >= 0.6 is 0 Å². The Morgan fingerprint density at radius 3 is 1.42 bits per heavy atom. The maximum Gasteiger partial charge on any atom is 0.256 e. The minimum Gasteiger partial charge on any atom is -0.305 e. The minimum atomic E-state index is -0.211. The van der Waals surface area contributed by atoms with Gasteiger partial charge in [-0.15, -0.1) is 10.2 Å². The molecule has 2 N–H and O–H groups in total. The molecule has 4 aromatic rings. The van der Waals surface area contributed by atoms with Crippen LogP contribution in [0, 0.1) is 0 Å². The van der Waals surface area contributed by atoms with E-state index < -0.39 is 0 Å². The molecular weight excluding hydrogens is 452 g/mol. The Kier molecular flexibility index (Phi) is 7.02. The monoisotopic (exact) mass is 478 g/mol. The summed E-state index contributed by atoms with van der Waals surface area (Å²) in [5.41, 5.74) is 2.98. The first-order valence-corrected chi connectivity index (χ1v) is 12.1. The van der Waals surface area contributed by atoms with E-state index in [2.05, 4.69) is 31.0 Å². The highest BCUT2D eigenvalue weighted by molar-refractivity contribution is 6.04. The summed E-state index contributed by atoms with van der Waals surface area (Å²) < 4.78 is 0. The third-order valence-electron chi connectivity index (χ3n) is 6.44. The zero-order valence-corrected chi connectivity index (χ0v) is 19.7. The van der Waals surface area contributed by atoms with Crippen LogP contribution in [0.5, 0.6) is 0 Å². The standard InChI is InChI=1S/C28H26N6O2/c35-27(19-8-3-1-4-9-19)29-25-16-14-23(31-33-25)21-12-7-13-22(18-21)24-15-17-26(34-32-24)30-28(36)20-10-5-2-6-11-20/h1-6,8-11,14-17,21-22H,7,12-13,18H2,(H,29,33,35)(H,30,34,36)/t21-,22-/m1/s1. The van der Waals surface area contributed by atoms with Crippen LogP contribution in [-0.4, -0.2) is 32.2 Å². The van der Waals surface area contributed by atoms with Crippen molar-refractivity contribution in [2.45, 2.75) is 37.5 Å². The van der Waals surface area contributed by atoms with Gasteiger partial charge in [0.25, 0.3) is 11.8 Å². The van der Waals surface area contributed by atoms with Crippen molar-refractivity contribution in [3.8, 4) is 0 Å². The van der Waals surface area contributed by atoms with Crippen molar-refractivity contribution < 1.29 is 9.59 Å². The number of benzene rings is 2. The lowest BCUT2D eigenvalue weighted by Gasteiger charge is -2.28. The molecule has 0 bridgehead atoms. The van der Waals surface area contributed by atoms with Gasteiger partial charge in [-0.1, -0.05) is 42.8 Å². The Morgan fingerprint density at radius 1 is 0.583 bits per heavy atom. The third kappa shape index (κ3) is 5.60. The van der Waals surface area contributed by atoms with Crippen LogP contribution in [0.2, 0.25) is 0 Å². The van der Waals surface area contributed by atoms with Gasteiger partial charge in [0.2, 0.25) is 0 Å². The van der Waals surface area contributed by atoms with Crippen LogP contribution in [0.25, 0.3) is 0 Å². The molecule has 0 aliphatic heterocycles. The Labute approximate surface area is 209 Å². The molecule has 8 nitrogen and oxygen atoms in total. The SMILES string of the molecule is O=C(Nc1ccc([C@@H]2CCC[C@@H](c3ccc(NC(=O)c4ccccc4)nn3)C2)nn1)c1ccccc1. The summed E-state index contributed by atoms with van der Waals surface area (Å²) in [6, 6.07) is 25.5. The summed E-state index contributed by atoms with van der Waals surface area (Å²) in [6.07, 6.45) is 4.01. The lowest BCUT2D eigenvalue weighted by Crippen LogP contribution is -2.17. The molecule has 2 heterocycles. The fourth-order valence-corrected chi connectivity index (χ4v) is 4.54. The van der Waals surface area contributed by atoms with Crippen molar-refractivity contribution in [2.75, 3.05) is 10.6 Å². The van der Waals surface area contributed by atoms with Gasteiger partial charge in [0.05, 0.1) is 11.4 Å². The van der Waals surface area contributed by atoms with E-state index in [-0.39, 0.29) is 23.7 Å². The van der Waals surface area contributed by atoms with Gasteiger partial charge in [0.15, 0.2) is 11.6 Å².